The molecule has 1 aromatic carbocycles. The maximum Gasteiger partial charge on any atom is 0.268 e. The highest BCUT2D eigenvalue weighted by Gasteiger charge is 2.30. The second-order valence-electron chi connectivity index (χ2n) is 5.51. The van der Waals surface area contributed by atoms with Gasteiger partial charge in [0.15, 0.2) is 0 Å². The number of rotatable bonds is 5. The molecule has 1 aliphatic heterocycles. The van der Waals surface area contributed by atoms with E-state index in [1.165, 1.54) is 0 Å². The number of nitrogens with zero attached hydrogens (tertiary/aromatic N) is 3. The number of amides is 1. The van der Waals surface area contributed by atoms with Gasteiger partial charge in [0.05, 0.1) is 19.0 Å². The molecule has 1 N–H and O–H groups in total. The molecular weight excluding hydrogens is 308 g/mol. The Labute approximate surface area is 140 Å². The van der Waals surface area contributed by atoms with Crippen LogP contribution in [0.3, 0.4) is 0 Å². The highest BCUT2D eigenvalue weighted by Crippen LogP contribution is 2.21. The van der Waals surface area contributed by atoms with Gasteiger partial charge in [0.2, 0.25) is 6.10 Å². The summed E-state index contributed by atoms with van der Waals surface area (Å²) >= 11 is 0. The fourth-order valence-electron chi connectivity index (χ4n) is 2.62. The highest BCUT2D eigenvalue weighted by molar-refractivity contribution is 6.06. The number of aryl methyl sites for hydroxylation is 1. The van der Waals surface area contributed by atoms with Gasteiger partial charge in [-0.1, -0.05) is 5.16 Å². The zero-order valence-electron chi connectivity index (χ0n) is 13.9. The van der Waals surface area contributed by atoms with E-state index in [0.29, 0.717) is 12.1 Å². The molecular formula is C17H20N4O3. The molecule has 3 rings (SSSR count). The summed E-state index contributed by atoms with van der Waals surface area (Å²) in [6, 6.07) is 7.14. The largest absolute Gasteiger partial charge is 0.497 e. The van der Waals surface area contributed by atoms with Gasteiger partial charge in [0.1, 0.15) is 5.75 Å². The SMILES string of the molecule is CCn1ncc(C2=NOC(C(=O)Nc3ccc(OC)cc3)C2)c1C. The summed E-state index contributed by atoms with van der Waals surface area (Å²) in [4.78, 5) is 17.6. The van der Waals surface area contributed by atoms with Gasteiger partial charge >= 0.3 is 0 Å². The monoisotopic (exact) mass is 328 g/mol. The summed E-state index contributed by atoms with van der Waals surface area (Å²) in [6.07, 6.45) is 1.56. The molecule has 2 heterocycles. The number of carbonyl (C=O) groups excluding carboxylic acids is 1. The first-order valence-corrected chi connectivity index (χ1v) is 7.82. The van der Waals surface area contributed by atoms with Crippen molar-refractivity contribution in [1.29, 1.82) is 0 Å². The van der Waals surface area contributed by atoms with Crippen molar-refractivity contribution < 1.29 is 14.4 Å². The maximum atomic E-state index is 12.3. The molecule has 0 saturated carbocycles. The van der Waals surface area contributed by atoms with Crippen LogP contribution in [-0.4, -0.2) is 34.6 Å². The maximum absolute atomic E-state index is 12.3. The zero-order valence-corrected chi connectivity index (χ0v) is 13.9. The van der Waals surface area contributed by atoms with Gasteiger partial charge < -0.3 is 14.9 Å². The van der Waals surface area contributed by atoms with E-state index >= 15 is 0 Å². The van der Waals surface area contributed by atoms with Crippen LogP contribution in [0.2, 0.25) is 0 Å². The normalized spacial score (nSPS) is 16.5. The molecule has 0 spiro atoms. The molecule has 0 bridgehead atoms. The van der Waals surface area contributed by atoms with Crippen molar-refractivity contribution in [2.45, 2.75) is 32.9 Å². The number of benzene rings is 1. The summed E-state index contributed by atoms with van der Waals surface area (Å²) < 4.78 is 6.99. The molecule has 1 aromatic heterocycles. The first-order valence-electron chi connectivity index (χ1n) is 7.82. The van der Waals surface area contributed by atoms with Crippen LogP contribution in [0.15, 0.2) is 35.6 Å². The van der Waals surface area contributed by atoms with Crippen molar-refractivity contribution in [3.63, 3.8) is 0 Å². The Balaban J connectivity index is 1.63. The van der Waals surface area contributed by atoms with Gasteiger partial charge in [-0.05, 0) is 38.1 Å². The Kier molecular flexibility index (Phi) is 4.50. The Morgan fingerprint density at radius 2 is 2.17 bits per heavy atom. The second-order valence-corrected chi connectivity index (χ2v) is 5.51. The third-order valence-corrected chi connectivity index (χ3v) is 4.03. The van der Waals surface area contributed by atoms with Gasteiger partial charge in [-0.25, -0.2) is 0 Å². The van der Waals surface area contributed by atoms with Crippen LogP contribution >= 0.6 is 0 Å². The first kappa shape index (κ1) is 16.0. The van der Waals surface area contributed by atoms with Gasteiger partial charge in [-0.15, -0.1) is 0 Å². The van der Waals surface area contributed by atoms with E-state index in [9.17, 15) is 4.79 Å². The van der Waals surface area contributed by atoms with E-state index in [0.717, 1.165) is 29.3 Å². The van der Waals surface area contributed by atoms with Crippen LogP contribution in [-0.2, 0) is 16.2 Å². The van der Waals surface area contributed by atoms with Crippen molar-refractivity contribution in [3.05, 3.63) is 41.7 Å². The molecule has 1 unspecified atom stereocenters. The lowest BCUT2D eigenvalue weighted by Crippen LogP contribution is -2.28. The average molecular weight is 328 g/mol. The van der Waals surface area contributed by atoms with Crippen LogP contribution in [0.25, 0.3) is 0 Å². The molecule has 0 aliphatic carbocycles. The van der Waals surface area contributed by atoms with Crippen LogP contribution in [0.5, 0.6) is 5.75 Å². The van der Waals surface area contributed by atoms with E-state index in [2.05, 4.69) is 15.6 Å². The smallest absolute Gasteiger partial charge is 0.268 e. The third kappa shape index (κ3) is 3.10. The number of hydrogen-bond donors (Lipinski definition) is 1. The lowest BCUT2D eigenvalue weighted by atomic mass is 10.1. The first-order chi connectivity index (χ1) is 11.6. The molecule has 7 heteroatoms. The fraction of sp³-hybridized carbons (Fsp3) is 0.353. The number of aromatic nitrogens is 2. The quantitative estimate of drug-likeness (QED) is 0.914. The third-order valence-electron chi connectivity index (χ3n) is 4.03. The van der Waals surface area contributed by atoms with Crippen molar-refractivity contribution in [3.8, 4) is 5.75 Å². The van der Waals surface area contributed by atoms with Crippen LogP contribution in [0, 0.1) is 6.92 Å². The number of methoxy groups -OCH3 is 1. The van der Waals surface area contributed by atoms with Crippen LogP contribution < -0.4 is 10.1 Å². The molecule has 0 radical (unpaired) electrons. The van der Waals surface area contributed by atoms with E-state index in [1.54, 1.807) is 37.6 Å². The number of anilines is 1. The molecule has 24 heavy (non-hydrogen) atoms. The minimum Gasteiger partial charge on any atom is -0.497 e. The number of oxime groups is 1. The lowest BCUT2D eigenvalue weighted by molar-refractivity contribution is -0.125. The summed E-state index contributed by atoms with van der Waals surface area (Å²) in [5.41, 5.74) is 3.39. The van der Waals surface area contributed by atoms with E-state index in [-0.39, 0.29) is 5.91 Å². The van der Waals surface area contributed by atoms with Crippen molar-refractivity contribution >= 4 is 17.3 Å². The molecule has 0 saturated heterocycles. The average Bonchev–Trinajstić information content (AvgIpc) is 3.22. The van der Waals surface area contributed by atoms with E-state index in [1.807, 2.05) is 18.5 Å². The van der Waals surface area contributed by atoms with Gasteiger partial charge in [-0.3, -0.25) is 9.48 Å². The standard InChI is InChI=1S/C17H20N4O3/c1-4-21-11(2)14(10-18-21)15-9-16(24-20-15)17(22)19-12-5-7-13(23-3)8-6-12/h5-8,10,16H,4,9H2,1-3H3,(H,19,22). The molecule has 7 nitrogen and oxygen atoms in total. The Morgan fingerprint density at radius 1 is 1.42 bits per heavy atom. The minimum absolute atomic E-state index is 0.223. The predicted molar refractivity (Wildman–Crippen MR) is 90.3 cm³/mol. The molecule has 1 aliphatic rings. The van der Waals surface area contributed by atoms with Crippen LogP contribution in [0.1, 0.15) is 24.6 Å². The summed E-state index contributed by atoms with van der Waals surface area (Å²) in [5, 5.41) is 11.2. The predicted octanol–water partition coefficient (Wildman–Crippen LogP) is 2.35. The number of carbonyl (C=O) groups is 1. The fourth-order valence-corrected chi connectivity index (χ4v) is 2.62. The minimum atomic E-state index is -0.633. The van der Waals surface area contributed by atoms with Crippen molar-refractivity contribution in [2.75, 3.05) is 12.4 Å². The molecule has 1 atom stereocenters. The Hall–Kier alpha value is -2.83. The highest BCUT2D eigenvalue weighted by atomic mass is 16.6. The molecule has 0 fully saturated rings. The molecule has 2 aromatic rings. The summed E-state index contributed by atoms with van der Waals surface area (Å²) in [5.74, 6) is 0.513. The molecule has 1 amide bonds. The van der Waals surface area contributed by atoms with Gasteiger partial charge in [0, 0.05) is 29.9 Å². The topological polar surface area (TPSA) is 77.7 Å². The Morgan fingerprint density at radius 3 is 2.79 bits per heavy atom. The summed E-state index contributed by atoms with van der Waals surface area (Å²) in [6.45, 7) is 4.81. The van der Waals surface area contributed by atoms with Gasteiger partial charge in [-0.2, -0.15) is 5.10 Å². The van der Waals surface area contributed by atoms with E-state index < -0.39 is 6.10 Å². The molecule has 126 valence electrons. The van der Waals surface area contributed by atoms with E-state index in [4.69, 9.17) is 9.57 Å². The van der Waals surface area contributed by atoms with Gasteiger partial charge in [0.25, 0.3) is 5.91 Å². The van der Waals surface area contributed by atoms with Crippen molar-refractivity contribution in [2.24, 2.45) is 5.16 Å². The lowest BCUT2D eigenvalue weighted by Gasteiger charge is -2.10. The Bertz CT molecular complexity index is 765. The van der Waals surface area contributed by atoms with Crippen molar-refractivity contribution in [1.82, 2.24) is 9.78 Å². The number of ether oxygens (including phenoxy) is 1. The van der Waals surface area contributed by atoms with Crippen LogP contribution in [0.4, 0.5) is 5.69 Å². The number of nitrogens with one attached hydrogen (secondary N) is 1. The summed E-state index contributed by atoms with van der Waals surface area (Å²) in [7, 11) is 1.60. The second kappa shape index (κ2) is 6.74. The number of hydrogen-bond acceptors (Lipinski definition) is 5. The zero-order chi connectivity index (χ0) is 17.1.